The third kappa shape index (κ3) is 7.06. The van der Waals surface area contributed by atoms with Crippen LogP contribution in [0, 0.1) is 0 Å². The molecular weight excluding hydrogens is 675 g/mol. The molecule has 0 amide bonds. The van der Waals surface area contributed by atoms with E-state index in [1.807, 2.05) is 30.3 Å². The summed E-state index contributed by atoms with van der Waals surface area (Å²) in [5.74, 6) is -4.73. The van der Waals surface area contributed by atoms with Gasteiger partial charge in [0.2, 0.25) is 0 Å². The van der Waals surface area contributed by atoms with E-state index >= 15 is 0 Å². The van der Waals surface area contributed by atoms with Gasteiger partial charge in [-0.05, 0) is 57.9 Å². The van der Waals surface area contributed by atoms with Crippen LogP contribution in [0.2, 0.25) is 10.0 Å². The van der Waals surface area contributed by atoms with Crippen molar-refractivity contribution in [1.29, 1.82) is 0 Å². The van der Waals surface area contributed by atoms with Gasteiger partial charge in [-0.3, -0.25) is 9.59 Å². The molecule has 0 aromatic heterocycles. The second kappa shape index (κ2) is 14.5. The molecule has 0 bridgehead atoms. The number of esters is 4. The summed E-state index contributed by atoms with van der Waals surface area (Å²) in [6.07, 6.45) is 0. The van der Waals surface area contributed by atoms with Gasteiger partial charge in [-0.1, -0.05) is 79.2 Å². The van der Waals surface area contributed by atoms with Crippen molar-refractivity contribution < 1.29 is 48.5 Å². The molecule has 0 spiro atoms. The van der Waals surface area contributed by atoms with Crippen LogP contribution in [0.25, 0.3) is 43.1 Å². The zero-order valence-corrected chi connectivity index (χ0v) is 26.5. The summed E-state index contributed by atoms with van der Waals surface area (Å²) in [6.45, 7) is 2.36. The first kappa shape index (κ1) is 36.0. The Hall–Kier alpha value is -5.84. The summed E-state index contributed by atoms with van der Waals surface area (Å²) in [7, 11) is 0. The summed E-state index contributed by atoms with van der Waals surface area (Å²) < 4.78 is 8.80. The van der Waals surface area contributed by atoms with Gasteiger partial charge in [0.15, 0.2) is 0 Å². The van der Waals surface area contributed by atoms with Crippen molar-refractivity contribution in [3.63, 3.8) is 0 Å². The number of hydrogen-bond acceptors (Lipinski definition) is 8. The molecule has 0 unspecified atom stereocenters. The van der Waals surface area contributed by atoms with E-state index in [0.29, 0.717) is 48.1 Å². The highest BCUT2D eigenvalue weighted by atomic mass is 35.5. The van der Waals surface area contributed by atoms with Crippen LogP contribution in [0.1, 0.15) is 62.7 Å². The smallest absolute Gasteiger partial charge is 0.347 e. The predicted molar refractivity (Wildman–Crippen MR) is 186 cm³/mol. The van der Waals surface area contributed by atoms with E-state index in [4.69, 9.17) is 27.9 Å². The molecule has 0 saturated heterocycles. The monoisotopic (exact) mass is 700 g/mol. The van der Waals surface area contributed by atoms with E-state index in [2.05, 4.69) is 4.74 Å². The Labute approximate surface area is 288 Å². The SMILES string of the molecule is C.CC(=O)OC(C)=O.O=C(O)c1ccc(Cl)c2cc3ccccc3c(C(=O)O)c12.O=C1OC(=O)c2c3ccccc3cc3c(Cl)ccc1c23. The van der Waals surface area contributed by atoms with E-state index in [0.717, 1.165) is 10.8 Å². The molecule has 10 nitrogen and oxygen atoms in total. The molecule has 1 aliphatic rings. The van der Waals surface area contributed by atoms with Crippen molar-refractivity contribution in [2.24, 2.45) is 0 Å². The Morgan fingerprint density at radius 1 is 0.633 bits per heavy atom. The third-order valence-electron chi connectivity index (χ3n) is 7.29. The number of fused-ring (bicyclic) bond motifs is 4. The fraction of sp³-hybridized carbons (Fsp3) is 0.0811. The largest absolute Gasteiger partial charge is 0.478 e. The maximum absolute atomic E-state index is 12.1. The number of aromatic carboxylic acids is 2. The zero-order valence-electron chi connectivity index (χ0n) is 25.0. The molecule has 12 heteroatoms. The van der Waals surface area contributed by atoms with Gasteiger partial charge in [0.05, 0.1) is 22.3 Å². The summed E-state index contributed by atoms with van der Waals surface area (Å²) in [6, 6.07) is 24.0. The van der Waals surface area contributed by atoms with Gasteiger partial charge in [0.1, 0.15) is 0 Å². The van der Waals surface area contributed by atoms with Crippen LogP contribution in [0.5, 0.6) is 0 Å². The number of carboxylic acid groups (broad SMARTS) is 2. The van der Waals surface area contributed by atoms with Gasteiger partial charge >= 0.3 is 35.8 Å². The number of carbonyl (C=O) groups is 6. The number of carboxylic acids is 2. The van der Waals surface area contributed by atoms with Crippen molar-refractivity contribution >= 4 is 102 Å². The zero-order chi connectivity index (χ0) is 34.9. The van der Waals surface area contributed by atoms with Crippen LogP contribution < -0.4 is 0 Å². The Balaban J connectivity index is 0.000000183. The fourth-order valence-electron chi connectivity index (χ4n) is 5.47. The number of cyclic esters (lactones) is 2. The maximum atomic E-state index is 12.1. The number of rotatable bonds is 2. The first-order valence-electron chi connectivity index (χ1n) is 14.0. The molecular formula is C37H26Cl2O10. The van der Waals surface area contributed by atoms with Crippen molar-refractivity contribution in [3.8, 4) is 0 Å². The van der Waals surface area contributed by atoms with Crippen molar-refractivity contribution in [2.45, 2.75) is 21.3 Å². The van der Waals surface area contributed by atoms with Crippen LogP contribution in [0.3, 0.4) is 0 Å². The minimum Gasteiger partial charge on any atom is -0.478 e. The minimum atomic E-state index is -1.19. The molecule has 248 valence electrons. The van der Waals surface area contributed by atoms with Gasteiger partial charge in [0.25, 0.3) is 0 Å². The van der Waals surface area contributed by atoms with E-state index in [-0.39, 0.29) is 23.9 Å². The lowest BCUT2D eigenvalue weighted by Gasteiger charge is -2.18. The number of carbonyl (C=O) groups excluding carboxylic acids is 4. The molecule has 6 aromatic rings. The Morgan fingerprint density at radius 2 is 1.14 bits per heavy atom. The van der Waals surface area contributed by atoms with Gasteiger partial charge < -0.3 is 19.7 Å². The van der Waals surface area contributed by atoms with Gasteiger partial charge in [0, 0.05) is 45.4 Å². The first-order chi connectivity index (χ1) is 22.8. The third-order valence-corrected chi connectivity index (χ3v) is 7.94. The summed E-state index contributed by atoms with van der Waals surface area (Å²) in [5.41, 5.74) is 0.681. The van der Waals surface area contributed by atoms with Crippen molar-refractivity contribution in [3.05, 3.63) is 117 Å². The van der Waals surface area contributed by atoms with Crippen molar-refractivity contribution in [2.75, 3.05) is 0 Å². The summed E-state index contributed by atoms with van der Waals surface area (Å²) in [4.78, 5) is 66.7. The van der Waals surface area contributed by atoms with Crippen LogP contribution >= 0.6 is 23.2 Å². The summed E-state index contributed by atoms with van der Waals surface area (Å²) >= 11 is 12.3. The van der Waals surface area contributed by atoms with Gasteiger partial charge in [-0.15, -0.1) is 0 Å². The average molecular weight is 702 g/mol. The lowest BCUT2D eigenvalue weighted by molar-refractivity contribution is -0.156. The molecule has 0 aliphatic carbocycles. The first-order valence-corrected chi connectivity index (χ1v) is 14.8. The normalized spacial score (nSPS) is 11.4. The highest BCUT2D eigenvalue weighted by Crippen LogP contribution is 2.38. The fourth-order valence-corrected chi connectivity index (χ4v) is 5.89. The number of ether oxygens (including phenoxy) is 2. The van der Waals surface area contributed by atoms with Crippen LogP contribution in [-0.2, 0) is 19.1 Å². The number of halogens is 2. The molecule has 0 atom stereocenters. The molecule has 2 N–H and O–H groups in total. The molecule has 0 fully saturated rings. The Bertz CT molecular complexity index is 2370. The van der Waals surface area contributed by atoms with Crippen molar-refractivity contribution in [1.82, 2.24) is 0 Å². The summed E-state index contributed by atoms with van der Waals surface area (Å²) in [5, 5.41) is 24.4. The van der Waals surface area contributed by atoms with E-state index in [1.54, 1.807) is 42.5 Å². The number of benzene rings is 6. The van der Waals surface area contributed by atoms with Crippen LogP contribution in [0.4, 0.5) is 0 Å². The van der Waals surface area contributed by atoms with E-state index in [9.17, 15) is 39.0 Å². The minimum absolute atomic E-state index is 0. The quantitative estimate of drug-likeness (QED) is 0.101. The van der Waals surface area contributed by atoms with E-state index in [1.165, 1.54) is 26.0 Å². The average Bonchev–Trinajstić information content (AvgIpc) is 3.02. The van der Waals surface area contributed by atoms with Gasteiger partial charge in [-0.2, -0.15) is 0 Å². The van der Waals surface area contributed by atoms with Crippen LogP contribution in [-0.4, -0.2) is 46.0 Å². The Morgan fingerprint density at radius 3 is 1.67 bits per heavy atom. The van der Waals surface area contributed by atoms with Crippen LogP contribution in [0.15, 0.2) is 84.9 Å². The second-order valence-electron chi connectivity index (χ2n) is 10.4. The highest BCUT2D eigenvalue weighted by Gasteiger charge is 2.30. The predicted octanol–water partition coefficient (Wildman–Crippen LogP) is 8.73. The molecule has 0 radical (unpaired) electrons. The highest BCUT2D eigenvalue weighted by molar-refractivity contribution is 6.39. The topological polar surface area (TPSA) is 161 Å². The maximum Gasteiger partial charge on any atom is 0.347 e. The molecule has 1 aliphatic heterocycles. The van der Waals surface area contributed by atoms with E-state index < -0.39 is 35.8 Å². The lowest BCUT2D eigenvalue weighted by Crippen LogP contribution is -2.20. The molecule has 49 heavy (non-hydrogen) atoms. The molecule has 6 aromatic carbocycles. The molecule has 0 saturated carbocycles. The number of hydrogen-bond donors (Lipinski definition) is 2. The lowest BCUT2D eigenvalue weighted by atomic mass is 9.92. The second-order valence-corrected chi connectivity index (χ2v) is 11.2. The molecule has 1 heterocycles. The molecule has 7 rings (SSSR count). The standard InChI is InChI=1S/C16H9ClO4.C16H7ClO3.C4H6O3.CH4/c17-12-6-5-10(15(18)19)13-11(12)7-8-3-1-2-4-9(8)14(13)16(20)21;17-12-6-5-10-13-11(12)7-8-3-1-2-4-9(8)14(13)16(19)20-15(10)18;1-3(5)7-4(2)6;/h1-7H,(H,18,19)(H,20,21);1-7H;1-2H3;1H4. The van der Waals surface area contributed by atoms with Gasteiger partial charge in [-0.25, -0.2) is 19.2 Å². The Kier molecular flexibility index (Phi) is 10.7.